The predicted molar refractivity (Wildman–Crippen MR) is 377 cm³/mol. The number of piperidine rings is 1. The third-order valence-electron chi connectivity index (χ3n) is 24.5. The Morgan fingerprint density at radius 1 is 0.588 bits per heavy atom. The van der Waals surface area contributed by atoms with E-state index in [0.717, 1.165) is 51.4 Å². The van der Waals surface area contributed by atoms with Gasteiger partial charge in [-0.05, 0) is 146 Å². The highest BCUT2D eigenvalue weighted by molar-refractivity contribution is 6.21. The SMILES string of the molecule is CC[C@H](C)[C@@H]1NC(=O)[C@H](CC(C)C)N(C)C(=O)C[C@@H](C(=O)N2CCCCC2)N(C)C(=O)[C@H](C2CCCC2)N(C)C(=O)C2(CCCC2)NC(=O)[C@@H]2CCCN2C(=O)[C@H](CCC2CCC(C(F)(F)F)C(Cl)C2)NC(=O)CN(C)C(=O)[C@H](CC2CCCCC2)N(C)C(=O)[C@@H]2CCN2C(=O)[C@H](C)N(C)C1=O. The first-order valence-electron chi connectivity index (χ1n) is 38.3. The quantitative estimate of drug-likeness (QED) is 0.184. The van der Waals surface area contributed by atoms with Crippen LogP contribution >= 0.6 is 11.6 Å². The summed E-state index contributed by atoms with van der Waals surface area (Å²) in [5.74, 6) is -10.2. The third-order valence-corrected chi connectivity index (χ3v) is 25.0. The summed E-state index contributed by atoms with van der Waals surface area (Å²) >= 11 is 6.42. The lowest BCUT2D eigenvalue weighted by Crippen LogP contribution is -2.65. The molecule has 3 N–H and O–H groups in total. The van der Waals surface area contributed by atoms with Crippen molar-refractivity contribution in [3.8, 4) is 0 Å². The summed E-state index contributed by atoms with van der Waals surface area (Å²) in [5, 5.41) is 7.70. The highest BCUT2D eigenvalue weighted by Gasteiger charge is 2.53. The summed E-state index contributed by atoms with van der Waals surface area (Å²) in [6, 6.07) is -10.7. The van der Waals surface area contributed by atoms with Gasteiger partial charge in [-0.15, -0.1) is 11.6 Å². The maximum Gasteiger partial charge on any atom is 0.393 e. The van der Waals surface area contributed by atoms with Crippen LogP contribution in [0, 0.1) is 35.5 Å². The average Bonchev–Trinajstić information content (AvgIpc) is 1.74. The molecule has 12 amide bonds. The van der Waals surface area contributed by atoms with Crippen molar-refractivity contribution in [3.05, 3.63) is 0 Å². The number of rotatable bonds is 11. The molecule has 24 nitrogen and oxygen atoms in total. The van der Waals surface area contributed by atoms with Crippen LogP contribution in [-0.2, 0) is 57.5 Å². The molecular weight excluding hydrogens is 1340 g/mol. The third kappa shape index (κ3) is 19.0. The minimum absolute atomic E-state index is 0.00495. The Bertz CT molecular complexity index is 3010. The highest BCUT2D eigenvalue weighted by atomic mass is 35.5. The maximum atomic E-state index is 15.8. The molecule has 0 aromatic heterocycles. The molecular formula is C74H118ClF3N12O12. The van der Waals surface area contributed by atoms with Gasteiger partial charge in [-0.3, -0.25) is 57.5 Å². The van der Waals surface area contributed by atoms with Gasteiger partial charge in [0.1, 0.15) is 59.9 Å². The lowest BCUT2D eigenvalue weighted by molar-refractivity contribution is -0.182. The number of fused-ring (bicyclic) bond motifs is 2. The number of carbonyl (C=O) groups excluding carboxylic acids is 12. The Morgan fingerprint density at radius 3 is 1.81 bits per heavy atom. The number of hydrogen-bond donors (Lipinski definition) is 3. The number of nitrogens with zero attached hydrogens (tertiary/aromatic N) is 9. The van der Waals surface area contributed by atoms with E-state index in [4.69, 9.17) is 11.6 Å². The van der Waals surface area contributed by atoms with Gasteiger partial charge in [0.25, 0.3) is 0 Å². The molecule has 102 heavy (non-hydrogen) atoms. The zero-order valence-corrected chi connectivity index (χ0v) is 63.3. The summed E-state index contributed by atoms with van der Waals surface area (Å²) < 4.78 is 42.1. The Kier molecular flexibility index (Phi) is 28.5. The van der Waals surface area contributed by atoms with Crippen molar-refractivity contribution in [1.82, 2.24) is 60.0 Å². The molecule has 28 heteroatoms. The summed E-state index contributed by atoms with van der Waals surface area (Å²) in [5.41, 5.74) is -1.55. The Morgan fingerprint density at radius 2 is 1.22 bits per heavy atom. The molecule has 0 bridgehead atoms. The number of alkyl halides is 4. The Balaban J connectivity index is 1.17. The molecule has 0 aromatic rings. The van der Waals surface area contributed by atoms with Gasteiger partial charge in [-0.1, -0.05) is 91.9 Å². The molecule has 4 heterocycles. The van der Waals surface area contributed by atoms with Crippen LogP contribution in [0.5, 0.6) is 0 Å². The molecule has 0 radical (unpaired) electrons. The first-order valence-corrected chi connectivity index (χ1v) is 38.7. The second-order valence-corrected chi connectivity index (χ2v) is 32.4. The predicted octanol–water partition coefficient (Wildman–Crippen LogP) is 6.63. The fourth-order valence-corrected chi connectivity index (χ4v) is 18.1. The number of likely N-dealkylation sites (tertiary alicyclic amines) is 1. The largest absolute Gasteiger partial charge is 0.393 e. The Labute approximate surface area is 607 Å². The number of halogens is 4. The lowest BCUT2D eigenvalue weighted by atomic mass is 9.78. The van der Waals surface area contributed by atoms with Crippen LogP contribution < -0.4 is 16.0 Å². The molecule has 13 atom stereocenters. The first kappa shape index (κ1) is 81.4. The molecule has 0 aromatic carbocycles. The minimum atomic E-state index is -4.51. The van der Waals surface area contributed by atoms with Gasteiger partial charge < -0.3 is 60.0 Å². The second-order valence-electron chi connectivity index (χ2n) is 31.9. The van der Waals surface area contributed by atoms with Crippen LogP contribution in [0.15, 0.2) is 0 Å². The minimum Gasteiger partial charge on any atom is -0.343 e. The molecule has 1 spiro atoms. The molecule has 4 aliphatic heterocycles. The van der Waals surface area contributed by atoms with Crippen molar-refractivity contribution in [2.24, 2.45) is 35.5 Å². The lowest BCUT2D eigenvalue weighted by Gasteiger charge is -2.45. The first-order chi connectivity index (χ1) is 48.2. The fourth-order valence-electron chi connectivity index (χ4n) is 17.5. The van der Waals surface area contributed by atoms with Gasteiger partial charge >= 0.3 is 6.18 Å². The smallest absolute Gasteiger partial charge is 0.343 e. The summed E-state index contributed by atoms with van der Waals surface area (Å²) in [7, 11) is 8.83. The molecule has 8 fully saturated rings. The van der Waals surface area contributed by atoms with Crippen molar-refractivity contribution in [2.45, 2.75) is 286 Å². The van der Waals surface area contributed by atoms with Crippen LogP contribution in [0.4, 0.5) is 13.2 Å². The molecule has 8 aliphatic rings. The fraction of sp³-hybridized carbons (Fsp3) is 0.838. The average molecular weight is 1460 g/mol. The van der Waals surface area contributed by atoms with Gasteiger partial charge in [0, 0.05) is 73.8 Å². The molecule has 3 unspecified atom stereocenters. The molecule has 4 aliphatic carbocycles. The normalized spacial score (nSPS) is 31.5. The van der Waals surface area contributed by atoms with E-state index < -0.39 is 167 Å². The van der Waals surface area contributed by atoms with Gasteiger partial charge in [-0.2, -0.15) is 13.2 Å². The standard InChI is InChI=1S/C74H118ClF3N12O12/c1-12-46(4)61-70(100)83(7)47(5)65(95)90-39-33-55(90)68(98)85(9)57(42-48-24-15-13-16-25-48)67(97)82(6)44-59(91)79-53(32-30-49-29-31-51(52(75)41-49)74(76,77)78)66(96)89-38-23-28-54(89)64(94)81-73(34-19-20-35-73)72(102)87(11)62(50-26-17-18-27-50)71(101)86(10)58(69(99)88-36-21-14-22-37-88)43-60(92)84(8)56(40-45(2)3)63(93)80-61/h45-58,61-62H,12-44H2,1-11H3,(H,79,91)(H,80,93)(H,81,94)/t46-,47-,49?,51?,52?,53-,54-,55-,56-,57-,58-,61-,62-/m0/s1. The molecule has 574 valence electrons. The summed E-state index contributed by atoms with van der Waals surface area (Å²) in [4.78, 5) is 194. The van der Waals surface area contributed by atoms with Crippen molar-refractivity contribution < 1.29 is 70.7 Å². The van der Waals surface area contributed by atoms with Gasteiger partial charge in [0.2, 0.25) is 70.9 Å². The van der Waals surface area contributed by atoms with E-state index in [1.54, 1.807) is 11.8 Å². The number of amides is 12. The van der Waals surface area contributed by atoms with E-state index in [1.165, 1.54) is 88.4 Å². The van der Waals surface area contributed by atoms with Crippen molar-refractivity contribution in [2.75, 3.05) is 75.0 Å². The van der Waals surface area contributed by atoms with E-state index in [9.17, 15) is 32.3 Å². The zero-order valence-electron chi connectivity index (χ0n) is 62.5. The molecule has 8 rings (SSSR count). The van der Waals surface area contributed by atoms with Gasteiger partial charge in [-0.25, -0.2) is 0 Å². The monoisotopic (exact) mass is 1460 g/mol. The van der Waals surface area contributed by atoms with E-state index in [0.29, 0.717) is 64.5 Å². The van der Waals surface area contributed by atoms with Gasteiger partial charge in [0.05, 0.1) is 18.9 Å². The van der Waals surface area contributed by atoms with E-state index in [-0.39, 0.29) is 107 Å². The van der Waals surface area contributed by atoms with Crippen LogP contribution in [0.25, 0.3) is 0 Å². The number of carbonyl (C=O) groups is 12. The Hall–Kier alpha value is -6.28. The second kappa shape index (κ2) is 35.7. The summed E-state index contributed by atoms with van der Waals surface area (Å²) in [6.45, 7) is 9.37. The number of likely N-dealkylation sites (N-methyl/N-ethyl adjacent to an activating group) is 6. The van der Waals surface area contributed by atoms with Crippen LogP contribution in [0.2, 0.25) is 0 Å². The van der Waals surface area contributed by atoms with E-state index >= 15 is 38.4 Å². The molecule has 4 saturated heterocycles. The van der Waals surface area contributed by atoms with Crippen molar-refractivity contribution >= 4 is 82.5 Å². The van der Waals surface area contributed by atoms with Gasteiger partial charge in [0.15, 0.2) is 0 Å². The van der Waals surface area contributed by atoms with Crippen LogP contribution in [-0.4, -0.2) is 261 Å². The zero-order chi connectivity index (χ0) is 74.8. The molecule has 4 saturated carbocycles. The number of nitrogens with one attached hydrogen (secondary N) is 3. The topological polar surface area (TPSA) is 270 Å². The highest BCUT2D eigenvalue weighted by Crippen LogP contribution is 2.44. The summed E-state index contributed by atoms with van der Waals surface area (Å²) in [6.07, 6.45) is 7.41. The van der Waals surface area contributed by atoms with Crippen molar-refractivity contribution in [1.29, 1.82) is 0 Å². The number of hydrogen-bond acceptors (Lipinski definition) is 12. The maximum absolute atomic E-state index is 15.8. The van der Waals surface area contributed by atoms with Crippen LogP contribution in [0.3, 0.4) is 0 Å². The van der Waals surface area contributed by atoms with Crippen molar-refractivity contribution in [3.63, 3.8) is 0 Å². The van der Waals surface area contributed by atoms with E-state index in [1.807, 2.05) is 20.8 Å². The van der Waals surface area contributed by atoms with E-state index in [2.05, 4.69) is 16.0 Å². The van der Waals surface area contributed by atoms with Crippen LogP contribution in [0.1, 0.15) is 214 Å².